The normalized spacial score (nSPS) is 19.2. The van der Waals surface area contributed by atoms with Crippen LogP contribution in [-0.2, 0) is 6.54 Å². The first kappa shape index (κ1) is 11.1. The van der Waals surface area contributed by atoms with Crippen LogP contribution in [0, 0.1) is 11.3 Å². The standard InChI is InChI=1S/C11H17N5/c1-2-15-9-14-8-11(15)10(7-12)16-5-3-13-4-6-16/h8-10,13H,2-6H2,1H3. The summed E-state index contributed by atoms with van der Waals surface area (Å²) in [5.74, 6) is 0. The summed E-state index contributed by atoms with van der Waals surface area (Å²) in [7, 11) is 0. The fourth-order valence-electron chi connectivity index (χ4n) is 2.10. The van der Waals surface area contributed by atoms with E-state index in [1.807, 2.05) is 4.57 Å². The average molecular weight is 219 g/mol. The molecule has 86 valence electrons. The molecule has 1 fully saturated rings. The lowest BCUT2D eigenvalue weighted by molar-refractivity contribution is 0.202. The number of piperazine rings is 1. The van der Waals surface area contributed by atoms with Gasteiger partial charge in [-0.1, -0.05) is 0 Å². The number of rotatable bonds is 3. The van der Waals surface area contributed by atoms with E-state index in [1.165, 1.54) is 0 Å². The molecule has 0 spiro atoms. The van der Waals surface area contributed by atoms with Gasteiger partial charge in [-0.2, -0.15) is 5.26 Å². The molecular weight excluding hydrogens is 202 g/mol. The van der Waals surface area contributed by atoms with E-state index in [4.69, 9.17) is 0 Å². The zero-order valence-electron chi connectivity index (χ0n) is 9.56. The fourth-order valence-corrected chi connectivity index (χ4v) is 2.10. The number of aromatic nitrogens is 2. The Balaban J connectivity index is 2.18. The lowest BCUT2D eigenvalue weighted by Gasteiger charge is -2.31. The highest BCUT2D eigenvalue weighted by Crippen LogP contribution is 2.19. The summed E-state index contributed by atoms with van der Waals surface area (Å²) in [6.45, 7) is 6.69. The van der Waals surface area contributed by atoms with Crippen molar-refractivity contribution < 1.29 is 0 Å². The molecule has 2 rings (SSSR count). The van der Waals surface area contributed by atoms with Crippen LogP contribution in [-0.4, -0.2) is 40.6 Å². The van der Waals surface area contributed by atoms with Crippen LogP contribution in [0.2, 0.25) is 0 Å². The highest BCUT2D eigenvalue weighted by molar-refractivity contribution is 5.14. The first-order chi connectivity index (χ1) is 7.86. The Morgan fingerprint density at radius 3 is 2.94 bits per heavy atom. The Bertz CT molecular complexity index is 372. The van der Waals surface area contributed by atoms with Crippen molar-refractivity contribution in [3.05, 3.63) is 18.2 Å². The van der Waals surface area contributed by atoms with E-state index in [1.54, 1.807) is 12.5 Å². The third-order valence-electron chi connectivity index (χ3n) is 3.00. The first-order valence-electron chi connectivity index (χ1n) is 5.71. The number of nitrogens with zero attached hydrogens (tertiary/aromatic N) is 4. The van der Waals surface area contributed by atoms with Gasteiger partial charge in [0.05, 0.1) is 24.3 Å². The third kappa shape index (κ3) is 2.08. The summed E-state index contributed by atoms with van der Waals surface area (Å²) in [6, 6.07) is 2.22. The molecule has 1 aromatic rings. The summed E-state index contributed by atoms with van der Waals surface area (Å²) >= 11 is 0. The van der Waals surface area contributed by atoms with Gasteiger partial charge < -0.3 is 9.88 Å². The second kappa shape index (κ2) is 5.10. The highest BCUT2D eigenvalue weighted by atomic mass is 15.2. The molecule has 0 aromatic carbocycles. The van der Waals surface area contributed by atoms with Crippen LogP contribution in [0.5, 0.6) is 0 Å². The average Bonchev–Trinajstić information content (AvgIpc) is 2.80. The van der Waals surface area contributed by atoms with Gasteiger partial charge in [-0.3, -0.25) is 4.90 Å². The smallest absolute Gasteiger partial charge is 0.140 e. The number of imidazole rings is 1. The van der Waals surface area contributed by atoms with E-state index in [0.717, 1.165) is 38.4 Å². The second-order valence-corrected chi connectivity index (χ2v) is 3.92. The number of hydrogen-bond acceptors (Lipinski definition) is 4. The fraction of sp³-hybridized carbons (Fsp3) is 0.636. The lowest BCUT2D eigenvalue weighted by atomic mass is 10.2. The van der Waals surface area contributed by atoms with Crippen molar-refractivity contribution in [3.63, 3.8) is 0 Å². The largest absolute Gasteiger partial charge is 0.333 e. The predicted octanol–water partition coefficient (Wildman–Crippen LogP) is 0.373. The number of nitrogens with one attached hydrogen (secondary N) is 1. The zero-order valence-corrected chi connectivity index (χ0v) is 9.56. The van der Waals surface area contributed by atoms with Crippen LogP contribution in [0.4, 0.5) is 0 Å². The van der Waals surface area contributed by atoms with Crippen LogP contribution in [0.3, 0.4) is 0 Å². The maximum absolute atomic E-state index is 9.32. The number of nitriles is 1. The van der Waals surface area contributed by atoms with Gasteiger partial charge in [0.15, 0.2) is 0 Å². The van der Waals surface area contributed by atoms with Gasteiger partial charge in [-0.25, -0.2) is 4.98 Å². The van der Waals surface area contributed by atoms with Crippen molar-refractivity contribution in [3.8, 4) is 6.07 Å². The summed E-state index contributed by atoms with van der Waals surface area (Å²) in [6.07, 6.45) is 3.60. The molecule has 0 aliphatic carbocycles. The lowest BCUT2D eigenvalue weighted by Crippen LogP contribution is -2.45. The van der Waals surface area contributed by atoms with Gasteiger partial charge in [0.2, 0.25) is 0 Å². The SMILES string of the molecule is CCn1cncc1C(C#N)N1CCNCC1. The Hall–Kier alpha value is -1.38. The molecule has 1 aliphatic heterocycles. The van der Waals surface area contributed by atoms with E-state index in [9.17, 15) is 5.26 Å². The zero-order chi connectivity index (χ0) is 11.4. The molecule has 16 heavy (non-hydrogen) atoms. The molecule has 5 heteroatoms. The van der Waals surface area contributed by atoms with Gasteiger partial charge in [-0.05, 0) is 6.92 Å². The van der Waals surface area contributed by atoms with Crippen LogP contribution < -0.4 is 5.32 Å². The maximum atomic E-state index is 9.32. The maximum Gasteiger partial charge on any atom is 0.140 e. The topological polar surface area (TPSA) is 56.9 Å². The Morgan fingerprint density at radius 2 is 2.31 bits per heavy atom. The minimum absolute atomic E-state index is 0.162. The molecule has 2 heterocycles. The molecule has 1 unspecified atom stereocenters. The quantitative estimate of drug-likeness (QED) is 0.798. The van der Waals surface area contributed by atoms with Gasteiger partial charge in [0.25, 0.3) is 0 Å². The molecular formula is C11H17N5. The number of hydrogen-bond donors (Lipinski definition) is 1. The van der Waals surface area contributed by atoms with E-state index in [-0.39, 0.29) is 6.04 Å². The molecule has 0 bridgehead atoms. The van der Waals surface area contributed by atoms with E-state index >= 15 is 0 Å². The summed E-state index contributed by atoms with van der Waals surface area (Å²) in [5.41, 5.74) is 1.01. The minimum atomic E-state index is -0.162. The van der Waals surface area contributed by atoms with Gasteiger partial charge in [-0.15, -0.1) is 0 Å². The third-order valence-corrected chi connectivity index (χ3v) is 3.00. The van der Waals surface area contributed by atoms with Crippen molar-refractivity contribution in [1.29, 1.82) is 5.26 Å². The van der Waals surface area contributed by atoms with E-state index in [2.05, 4.69) is 28.2 Å². The molecule has 0 saturated carbocycles. The molecule has 1 aromatic heterocycles. The van der Waals surface area contributed by atoms with Crippen molar-refractivity contribution in [1.82, 2.24) is 19.8 Å². The Kier molecular flexibility index (Phi) is 3.54. The van der Waals surface area contributed by atoms with Gasteiger partial charge in [0.1, 0.15) is 6.04 Å². The van der Waals surface area contributed by atoms with Crippen molar-refractivity contribution in [2.45, 2.75) is 19.5 Å². The summed E-state index contributed by atoms with van der Waals surface area (Å²) in [4.78, 5) is 6.33. The molecule has 0 radical (unpaired) electrons. The van der Waals surface area contributed by atoms with E-state index in [0.29, 0.717) is 0 Å². The van der Waals surface area contributed by atoms with Crippen molar-refractivity contribution in [2.75, 3.05) is 26.2 Å². The molecule has 5 nitrogen and oxygen atoms in total. The second-order valence-electron chi connectivity index (χ2n) is 3.92. The van der Waals surface area contributed by atoms with Crippen LogP contribution in [0.15, 0.2) is 12.5 Å². The van der Waals surface area contributed by atoms with Crippen molar-refractivity contribution in [2.24, 2.45) is 0 Å². The Labute approximate surface area is 95.7 Å². The van der Waals surface area contributed by atoms with Gasteiger partial charge >= 0.3 is 0 Å². The molecule has 1 aliphatic rings. The highest BCUT2D eigenvalue weighted by Gasteiger charge is 2.24. The predicted molar refractivity (Wildman–Crippen MR) is 60.7 cm³/mol. The molecule has 0 amide bonds. The molecule has 1 atom stereocenters. The Morgan fingerprint density at radius 1 is 1.56 bits per heavy atom. The van der Waals surface area contributed by atoms with Crippen LogP contribution >= 0.6 is 0 Å². The first-order valence-corrected chi connectivity index (χ1v) is 5.71. The molecule has 1 saturated heterocycles. The van der Waals surface area contributed by atoms with Gasteiger partial charge in [0, 0.05) is 32.7 Å². The van der Waals surface area contributed by atoms with Crippen LogP contribution in [0.25, 0.3) is 0 Å². The summed E-state index contributed by atoms with van der Waals surface area (Å²) < 4.78 is 2.04. The van der Waals surface area contributed by atoms with E-state index < -0.39 is 0 Å². The monoisotopic (exact) mass is 219 g/mol. The minimum Gasteiger partial charge on any atom is -0.333 e. The van der Waals surface area contributed by atoms with Crippen molar-refractivity contribution >= 4 is 0 Å². The molecule has 1 N–H and O–H groups in total. The summed E-state index contributed by atoms with van der Waals surface area (Å²) in [5, 5.41) is 12.6. The number of aryl methyl sites for hydroxylation is 1. The van der Waals surface area contributed by atoms with Crippen LogP contribution in [0.1, 0.15) is 18.7 Å².